The van der Waals surface area contributed by atoms with Crippen LogP contribution in [0.25, 0.3) is 11.3 Å². The largest absolute Gasteiger partial charge is 0.478 e. The summed E-state index contributed by atoms with van der Waals surface area (Å²) in [5.41, 5.74) is 1.43. The zero-order valence-electron chi connectivity index (χ0n) is 14.6. The molecule has 0 aliphatic carbocycles. The van der Waals surface area contributed by atoms with Crippen molar-refractivity contribution in [1.82, 2.24) is 0 Å². The molecule has 0 saturated carbocycles. The summed E-state index contributed by atoms with van der Waals surface area (Å²) in [5, 5.41) is 1.96. The maximum absolute atomic E-state index is 13.0. The molecule has 1 aliphatic heterocycles. The third-order valence-corrected chi connectivity index (χ3v) is 6.73. The highest BCUT2D eigenvalue weighted by molar-refractivity contribution is 7.90. The molecule has 1 unspecified atom stereocenters. The predicted molar refractivity (Wildman–Crippen MR) is 100 cm³/mol. The average molecular weight is 376 g/mol. The number of ketones is 1. The molecule has 132 valence electrons. The molecule has 1 aromatic heterocycles. The number of hydrogen-bond donors (Lipinski definition) is 0. The molecule has 6 heteroatoms. The average Bonchev–Trinajstić information content (AvgIpc) is 3.09. The topological polar surface area (TPSA) is 60.4 Å². The summed E-state index contributed by atoms with van der Waals surface area (Å²) in [4.78, 5) is 14.2. The molecule has 0 radical (unpaired) electrons. The van der Waals surface area contributed by atoms with Crippen LogP contribution in [-0.4, -0.2) is 26.1 Å². The molecule has 0 amide bonds. The monoisotopic (exact) mass is 376 g/mol. The van der Waals surface area contributed by atoms with E-state index in [4.69, 9.17) is 4.74 Å². The first-order valence-corrected chi connectivity index (χ1v) is 10.8. The van der Waals surface area contributed by atoms with Crippen molar-refractivity contribution >= 4 is 38.3 Å². The van der Waals surface area contributed by atoms with Crippen LogP contribution in [0.15, 0.2) is 40.6 Å². The van der Waals surface area contributed by atoms with E-state index in [1.165, 1.54) is 17.6 Å². The Hall–Kier alpha value is -1.92. The maximum Gasteiger partial charge on any atom is 0.211 e. The maximum atomic E-state index is 13.0. The van der Waals surface area contributed by atoms with Gasteiger partial charge in [-0.25, -0.2) is 8.42 Å². The fraction of sp³-hybridized carbons (Fsp3) is 0.316. The molecule has 1 aliphatic rings. The van der Waals surface area contributed by atoms with Gasteiger partial charge in [-0.05, 0) is 61.5 Å². The summed E-state index contributed by atoms with van der Waals surface area (Å²) in [6, 6.07) is 8.47. The van der Waals surface area contributed by atoms with Crippen molar-refractivity contribution in [2.24, 2.45) is 0 Å². The van der Waals surface area contributed by atoms with E-state index in [-0.39, 0.29) is 10.7 Å². The van der Waals surface area contributed by atoms with E-state index < -0.39 is 15.4 Å². The summed E-state index contributed by atoms with van der Waals surface area (Å²) >= 11 is 1.51. The minimum atomic E-state index is -3.27. The van der Waals surface area contributed by atoms with Crippen molar-refractivity contribution in [1.29, 1.82) is 0 Å². The lowest BCUT2D eigenvalue weighted by molar-refractivity contribution is -0.126. The molecule has 1 aromatic carbocycles. The number of hydrogen-bond acceptors (Lipinski definition) is 5. The number of rotatable bonds is 4. The highest BCUT2D eigenvalue weighted by Crippen LogP contribution is 2.45. The van der Waals surface area contributed by atoms with E-state index >= 15 is 0 Å². The fourth-order valence-electron chi connectivity index (χ4n) is 2.81. The number of thiophene rings is 1. The van der Waals surface area contributed by atoms with Gasteiger partial charge in [0.25, 0.3) is 0 Å². The number of sulfone groups is 1. The summed E-state index contributed by atoms with van der Waals surface area (Å²) in [6.07, 6.45) is 1.73. The van der Waals surface area contributed by atoms with Crippen LogP contribution in [0.2, 0.25) is 0 Å². The van der Waals surface area contributed by atoms with Crippen LogP contribution in [0.4, 0.5) is 0 Å². The molecule has 1 atom stereocenters. The van der Waals surface area contributed by atoms with Gasteiger partial charge in [-0.2, -0.15) is 0 Å². The van der Waals surface area contributed by atoms with Crippen LogP contribution in [0.5, 0.6) is 0 Å². The number of aryl methyl sites for hydroxylation is 1. The van der Waals surface area contributed by atoms with Crippen LogP contribution in [-0.2, 0) is 19.4 Å². The fourth-order valence-corrected chi connectivity index (χ4v) is 4.41. The van der Waals surface area contributed by atoms with Crippen molar-refractivity contribution in [3.8, 4) is 0 Å². The molecule has 2 heterocycles. The van der Waals surface area contributed by atoms with E-state index in [0.717, 1.165) is 10.4 Å². The molecule has 0 bridgehead atoms. The molecular formula is C19H20O4S2. The van der Waals surface area contributed by atoms with Crippen LogP contribution < -0.4 is 0 Å². The van der Waals surface area contributed by atoms with Crippen molar-refractivity contribution in [2.75, 3.05) is 6.26 Å². The van der Waals surface area contributed by atoms with Gasteiger partial charge in [-0.1, -0.05) is 6.92 Å². The first-order chi connectivity index (χ1) is 11.7. The molecular weight excluding hydrogens is 356 g/mol. The highest BCUT2D eigenvalue weighted by Gasteiger charge is 2.45. The number of carbonyl (C=O) groups excluding carboxylic acids is 1. The van der Waals surface area contributed by atoms with Gasteiger partial charge in [-0.15, -0.1) is 11.3 Å². The molecule has 4 nitrogen and oxygen atoms in total. The van der Waals surface area contributed by atoms with Gasteiger partial charge < -0.3 is 4.74 Å². The second-order valence-electron chi connectivity index (χ2n) is 6.45. The summed E-state index contributed by atoms with van der Waals surface area (Å²) in [7, 11) is -3.27. The van der Waals surface area contributed by atoms with Crippen LogP contribution >= 0.6 is 11.3 Å². The van der Waals surface area contributed by atoms with Gasteiger partial charge in [-0.3, -0.25) is 4.79 Å². The Kier molecular flexibility index (Phi) is 4.37. The molecule has 0 N–H and O–H groups in total. The number of Topliss-reactive ketones (excluding diaryl/α,β-unsaturated/α-hetero) is 1. The van der Waals surface area contributed by atoms with E-state index in [2.05, 4.69) is 0 Å². The van der Waals surface area contributed by atoms with Crippen molar-refractivity contribution in [3.05, 3.63) is 51.7 Å². The van der Waals surface area contributed by atoms with Crippen LogP contribution in [0.3, 0.4) is 0 Å². The van der Waals surface area contributed by atoms with Crippen molar-refractivity contribution in [2.45, 2.75) is 37.7 Å². The van der Waals surface area contributed by atoms with E-state index in [1.807, 2.05) is 25.3 Å². The van der Waals surface area contributed by atoms with Gasteiger partial charge in [0, 0.05) is 16.7 Å². The Morgan fingerprint density at radius 1 is 1.16 bits per heavy atom. The molecule has 25 heavy (non-hydrogen) atoms. The number of carbonyl (C=O) groups is 1. The minimum absolute atomic E-state index is 0.0252. The Labute approximate surface area is 152 Å². The van der Waals surface area contributed by atoms with Crippen molar-refractivity contribution < 1.29 is 17.9 Å². The normalized spacial score (nSPS) is 20.9. The van der Waals surface area contributed by atoms with Gasteiger partial charge in [0.15, 0.2) is 15.4 Å². The minimum Gasteiger partial charge on any atom is -0.478 e. The van der Waals surface area contributed by atoms with Gasteiger partial charge in [0.1, 0.15) is 5.76 Å². The van der Waals surface area contributed by atoms with Gasteiger partial charge >= 0.3 is 0 Å². The predicted octanol–water partition coefficient (Wildman–Crippen LogP) is 4.10. The molecule has 0 saturated heterocycles. The smallest absolute Gasteiger partial charge is 0.211 e. The van der Waals surface area contributed by atoms with Gasteiger partial charge in [0.05, 0.1) is 10.5 Å². The Morgan fingerprint density at radius 3 is 2.28 bits per heavy atom. The lowest BCUT2D eigenvalue weighted by Crippen LogP contribution is -2.32. The standard InChI is InChI=1S/C19H20O4S2/c1-5-19(3)18(20)15(17-12(2)10-11-24-17)16(23-19)13-6-8-14(9-7-13)25(4,21)22/h6-11H,5H2,1-4H3. The third-order valence-electron chi connectivity index (χ3n) is 4.57. The zero-order chi connectivity index (χ0) is 18.4. The second-order valence-corrected chi connectivity index (χ2v) is 9.38. The third kappa shape index (κ3) is 3.04. The Bertz CT molecular complexity index is 965. The first kappa shape index (κ1) is 17.9. The van der Waals surface area contributed by atoms with Crippen LogP contribution in [0.1, 0.15) is 36.3 Å². The molecule has 0 fully saturated rings. The SMILES string of the molecule is CCC1(C)OC(c2ccc(S(C)(=O)=O)cc2)=C(c2sccc2C)C1=O. The number of benzene rings is 1. The quantitative estimate of drug-likeness (QED) is 0.806. The lowest BCUT2D eigenvalue weighted by atomic mass is 9.92. The van der Waals surface area contributed by atoms with E-state index in [0.29, 0.717) is 23.3 Å². The lowest BCUT2D eigenvalue weighted by Gasteiger charge is -2.21. The first-order valence-electron chi connectivity index (χ1n) is 8.00. The molecule has 2 aromatic rings. The van der Waals surface area contributed by atoms with E-state index in [1.54, 1.807) is 31.2 Å². The molecule has 3 rings (SSSR count). The Morgan fingerprint density at radius 2 is 1.80 bits per heavy atom. The zero-order valence-corrected chi connectivity index (χ0v) is 16.3. The van der Waals surface area contributed by atoms with Gasteiger partial charge in [0.2, 0.25) is 5.78 Å². The van der Waals surface area contributed by atoms with Crippen molar-refractivity contribution in [3.63, 3.8) is 0 Å². The highest BCUT2D eigenvalue weighted by atomic mass is 32.2. The van der Waals surface area contributed by atoms with E-state index in [9.17, 15) is 13.2 Å². The number of ether oxygens (including phenoxy) is 1. The summed E-state index contributed by atoms with van der Waals surface area (Å²) in [6.45, 7) is 5.70. The van der Waals surface area contributed by atoms with Crippen LogP contribution in [0, 0.1) is 6.92 Å². The summed E-state index contributed by atoms with van der Waals surface area (Å²) in [5.74, 6) is 0.502. The summed E-state index contributed by atoms with van der Waals surface area (Å²) < 4.78 is 29.4. The Balaban J connectivity index is 2.17. The molecule has 0 spiro atoms. The second kappa shape index (κ2) is 6.11.